The third-order valence-corrected chi connectivity index (χ3v) is 4.58. The largest absolute Gasteiger partial charge is 0.339 e. The number of hydrogen-bond donors (Lipinski definition) is 1. The summed E-state index contributed by atoms with van der Waals surface area (Å²) < 4.78 is 36.6. The average molecular weight is 321 g/mol. The van der Waals surface area contributed by atoms with E-state index < -0.39 is 26.6 Å². The summed E-state index contributed by atoms with van der Waals surface area (Å²) in [5.74, 6) is -1.39. The summed E-state index contributed by atoms with van der Waals surface area (Å²) in [6.07, 6.45) is 2.72. The summed E-state index contributed by atoms with van der Waals surface area (Å²) in [4.78, 5) is 13.3. The molecule has 2 N–H and O–H groups in total. The quantitative estimate of drug-likeness (QED) is 0.901. The zero-order valence-corrected chi connectivity index (χ0v) is 12.2. The van der Waals surface area contributed by atoms with E-state index in [-0.39, 0.29) is 10.6 Å². The number of primary sulfonamides is 1. The summed E-state index contributed by atoms with van der Waals surface area (Å²) in [6, 6.07) is 1.71. The van der Waals surface area contributed by atoms with Crippen LogP contribution in [-0.4, -0.2) is 32.3 Å². The zero-order valence-electron chi connectivity index (χ0n) is 10.6. The van der Waals surface area contributed by atoms with Gasteiger partial charge in [-0.2, -0.15) is 0 Å². The number of hydrogen-bond acceptors (Lipinski definition) is 3. The molecular formula is C12H14ClFN2O3S. The van der Waals surface area contributed by atoms with Crippen molar-refractivity contribution in [3.05, 3.63) is 28.5 Å². The van der Waals surface area contributed by atoms with Crippen LogP contribution in [0, 0.1) is 5.82 Å². The van der Waals surface area contributed by atoms with Crippen molar-refractivity contribution in [2.75, 3.05) is 13.1 Å². The third kappa shape index (κ3) is 3.11. The van der Waals surface area contributed by atoms with E-state index in [1.54, 1.807) is 0 Å². The first-order valence-corrected chi connectivity index (χ1v) is 8.04. The Morgan fingerprint density at radius 3 is 2.40 bits per heavy atom. The maximum atomic E-state index is 13.9. The minimum atomic E-state index is -4.11. The Morgan fingerprint density at radius 1 is 1.25 bits per heavy atom. The molecule has 110 valence electrons. The fraction of sp³-hybridized carbons (Fsp3) is 0.417. The minimum Gasteiger partial charge on any atom is -0.339 e. The lowest BCUT2D eigenvalue weighted by molar-refractivity contribution is 0.0719. The molecule has 0 aliphatic carbocycles. The molecule has 1 aliphatic rings. The van der Waals surface area contributed by atoms with Crippen molar-refractivity contribution in [1.29, 1.82) is 0 Å². The number of nitrogens with zero attached hydrogens (tertiary/aromatic N) is 1. The molecule has 1 heterocycles. The molecule has 0 bridgehead atoms. The first-order chi connectivity index (χ1) is 9.30. The van der Waals surface area contributed by atoms with Gasteiger partial charge in [0.15, 0.2) is 0 Å². The number of carbonyl (C=O) groups is 1. The van der Waals surface area contributed by atoms with Gasteiger partial charge in [-0.25, -0.2) is 17.9 Å². The Morgan fingerprint density at radius 2 is 1.85 bits per heavy atom. The number of rotatable bonds is 2. The van der Waals surface area contributed by atoms with Crippen LogP contribution in [0.25, 0.3) is 0 Å². The van der Waals surface area contributed by atoms with Crippen molar-refractivity contribution >= 4 is 27.5 Å². The van der Waals surface area contributed by atoms with Gasteiger partial charge in [-0.1, -0.05) is 11.6 Å². The molecule has 0 radical (unpaired) electrons. The van der Waals surface area contributed by atoms with E-state index in [1.165, 1.54) is 4.90 Å². The minimum absolute atomic E-state index is 0.319. The number of piperidine rings is 1. The van der Waals surface area contributed by atoms with Gasteiger partial charge in [0.2, 0.25) is 10.0 Å². The number of sulfonamides is 1. The number of carbonyl (C=O) groups excluding carboxylic acids is 1. The highest BCUT2D eigenvalue weighted by Crippen LogP contribution is 2.25. The summed E-state index contributed by atoms with van der Waals surface area (Å²) in [5, 5.41) is 4.66. The second kappa shape index (κ2) is 5.67. The van der Waals surface area contributed by atoms with Crippen LogP contribution < -0.4 is 5.14 Å². The van der Waals surface area contributed by atoms with Crippen molar-refractivity contribution < 1.29 is 17.6 Å². The zero-order chi connectivity index (χ0) is 14.9. The molecule has 1 aliphatic heterocycles. The highest BCUT2D eigenvalue weighted by atomic mass is 35.5. The van der Waals surface area contributed by atoms with E-state index in [4.69, 9.17) is 16.7 Å². The number of amides is 1. The Kier molecular flexibility index (Phi) is 4.31. The molecule has 8 heteroatoms. The number of likely N-dealkylation sites (tertiary alicyclic amines) is 1. The van der Waals surface area contributed by atoms with Crippen LogP contribution >= 0.6 is 11.6 Å². The normalized spacial score (nSPS) is 16.2. The van der Waals surface area contributed by atoms with Gasteiger partial charge in [0, 0.05) is 13.1 Å². The highest BCUT2D eigenvalue weighted by Gasteiger charge is 2.25. The molecule has 1 fully saturated rings. The van der Waals surface area contributed by atoms with E-state index >= 15 is 0 Å². The van der Waals surface area contributed by atoms with Crippen LogP contribution in [0.3, 0.4) is 0 Å². The van der Waals surface area contributed by atoms with Gasteiger partial charge in [0.25, 0.3) is 5.91 Å². The van der Waals surface area contributed by atoms with E-state index in [2.05, 4.69) is 0 Å². The third-order valence-electron chi connectivity index (χ3n) is 3.20. The van der Waals surface area contributed by atoms with E-state index in [9.17, 15) is 17.6 Å². The lowest BCUT2D eigenvalue weighted by Gasteiger charge is -2.27. The van der Waals surface area contributed by atoms with Gasteiger partial charge in [-0.05, 0) is 31.4 Å². The number of benzene rings is 1. The summed E-state index contributed by atoms with van der Waals surface area (Å²) in [6.45, 7) is 1.07. The second-order valence-corrected chi connectivity index (χ2v) is 6.60. The lowest BCUT2D eigenvalue weighted by atomic mass is 10.1. The Balaban J connectivity index is 2.43. The van der Waals surface area contributed by atoms with Crippen molar-refractivity contribution in [3.8, 4) is 0 Å². The van der Waals surface area contributed by atoms with Gasteiger partial charge in [0.05, 0.1) is 10.6 Å². The average Bonchev–Trinajstić information content (AvgIpc) is 2.37. The first-order valence-electron chi connectivity index (χ1n) is 6.12. The molecule has 0 unspecified atom stereocenters. The van der Waals surface area contributed by atoms with Crippen LogP contribution in [0.15, 0.2) is 17.0 Å². The molecule has 1 saturated heterocycles. The fourth-order valence-electron chi connectivity index (χ4n) is 2.18. The monoisotopic (exact) mass is 320 g/mol. The van der Waals surface area contributed by atoms with Crippen LogP contribution in [0.4, 0.5) is 4.39 Å². The molecule has 0 atom stereocenters. The predicted octanol–water partition coefficient (Wildman–Crippen LogP) is 1.75. The molecule has 1 aromatic carbocycles. The molecule has 2 rings (SSSR count). The molecule has 1 aromatic rings. The van der Waals surface area contributed by atoms with E-state index in [1.807, 2.05) is 0 Å². The number of nitrogens with two attached hydrogens (primary N) is 1. The maximum absolute atomic E-state index is 13.9. The lowest BCUT2D eigenvalue weighted by Crippen LogP contribution is -2.36. The first kappa shape index (κ1) is 15.2. The highest BCUT2D eigenvalue weighted by molar-refractivity contribution is 7.89. The Hall–Kier alpha value is -1.18. The SMILES string of the molecule is NS(=O)(=O)c1cc(C(=O)N2CCCCC2)c(F)cc1Cl. The van der Waals surface area contributed by atoms with Crippen LogP contribution in [-0.2, 0) is 10.0 Å². The van der Waals surface area contributed by atoms with Gasteiger partial charge in [-0.15, -0.1) is 0 Å². The van der Waals surface area contributed by atoms with E-state index in [0.717, 1.165) is 31.4 Å². The van der Waals surface area contributed by atoms with E-state index in [0.29, 0.717) is 13.1 Å². The summed E-state index contributed by atoms with van der Waals surface area (Å²) in [7, 11) is -4.11. The van der Waals surface area contributed by atoms with Crippen molar-refractivity contribution in [2.24, 2.45) is 5.14 Å². The topological polar surface area (TPSA) is 80.5 Å². The molecule has 0 aromatic heterocycles. The standard InChI is InChI=1S/C12H14ClFN2O3S/c13-9-7-10(14)8(6-11(9)20(15,18)19)12(17)16-4-2-1-3-5-16/h6-7H,1-5H2,(H2,15,18,19). The van der Waals surface area contributed by atoms with Gasteiger partial charge < -0.3 is 4.90 Å². The molecule has 0 spiro atoms. The summed E-state index contributed by atoms with van der Waals surface area (Å²) >= 11 is 5.65. The van der Waals surface area contributed by atoms with Crippen molar-refractivity contribution in [3.63, 3.8) is 0 Å². The molecule has 5 nitrogen and oxygen atoms in total. The van der Waals surface area contributed by atoms with Crippen molar-refractivity contribution in [1.82, 2.24) is 4.90 Å². The van der Waals surface area contributed by atoms with Gasteiger partial charge in [0.1, 0.15) is 10.7 Å². The molecular weight excluding hydrogens is 307 g/mol. The molecule has 0 saturated carbocycles. The summed E-state index contributed by atoms with van der Waals surface area (Å²) in [5.41, 5.74) is -0.319. The van der Waals surface area contributed by atoms with Crippen LogP contribution in [0.2, 0.25) is 5.02 Å². The smallest absolute Gasteiger partial charge is 0.256 e. The van der Waals surface area contributed by atoms with Crippen LogP contribution in [0.1, 0.15) is 29.6 Å². The van der Waals surface area contributed by atoms with Crippen LogP contribution in [0.5, 0.6) is 0 Å². The second-order valence-electron chi connectivity index (χ2n) is 4.66. The predicted molar refractivity (Wildman–Crippen MR) is 72.5 cm³/mol. The molecule has 1 amide bonds. The van der Waals surface area contributed by atoms with Crippen molar-refractivity contribution in [2.45, 2.75) is 24.2 Å². The molecule has 20 heavy (non-hydrogen) atoms. The van der Waals surface area contributed by atoms with Gasteiger partial charge in [-0.3, -0.25) is 4.79 Å². The fourth-order valence-corrected chi connectivity index (χ4v) is 3.26. The van der Waals surface area contributed by atoms with Gasteiger partial charge >= 0.3 is 0 Å². The Bertz CT molecular complexity index is 642. The Labute approximate surface area is 121 Å². The maximum Gasteiger partial charge on any atom is 0.256 e. The number of halogens is 2.